The fraction of sp³-hybridized carbons (Fsp3) is 0.688. The summed E-state index contributed by atoms with van der Waals surface area (Å²) in [4.78, 5) is 23.5. The second-order valence-electron chi connectivity index (χ2n) is 6.57. The molecule has 1 heterocycles. The lowest BCUT2D eigenvalue weighted by Crippen LogP contribution is -2.43. The van der Waals surface area contributed by atoms with E-state index >= 15 is 0 Å². The molecular formula is C16H25N3O6S. The van der Waals surface area contributed by atoms with Crippen LogP contribution in [-0.2, 0) is 24.3 Å². The number of amides is 1. The smallest absolute Gasteiger partial charge is 0.321 e. The maximum Gasteiger partial charge on any atom is 0.321 e. The maximum absolute atomic E-state index is 12.2. The number of esters is 1. The highest BCUT2D eigenvalue weighted by Gasteiger charge is 2.26. The highest BCUT2D eigenvalue weighted by atomic mass is 32.2. The third-order valence-electron chi connectivity index (χ3n) is 4.47. The van der Waals surface area contributed by atoms with Crippen molar-refractivity contribution in [3.8, 4) is 0 Å². The molecule has 9 nitrogen and oxygen atoms in total. The molecule has 1 aromatic rings. The summed E-state index contributed by atoms with van der Waals surface area (Å²) < 4.78 is 36.1. The minimum absolute atomic E-state index is 0.0907. The molecular weight excluding hydrogens is 362 g/mol. The topological polar surface area (TPSA) is 128 Å². The molecule has 2 rings (SSSR count). The molecule has 0 aliphatic heterocycles. The molecule has 2 atom stereocenters. The summed E-state index contributed by atoms with van der Waals surface area (Å²) >= 11 is 0. The molecule has 0 unspecified atom stereocenters. The molecule has 0 aromatic carbocycles. The van der Waals surface area contributed by atoms with Crippen LogP contribution in [0.2, 0.25) is 0 Å². The number of nitrogens with zero attached hydrogens (tertiary/aromatic N) is 1. The van der Waals surface area contributed by atoms with E-state index in [1.165, 1.54) is 13.8 Å². The van der Waals surface area contributed by atoms with Gasteiger partial charge < -0.3 is 14.6 Å². The van der Waals surface area contributed by atoms with Gasteiger partial charge in [-0.3, -0.25) is 9.59 Å². The van der Waals surface area contributed by atoms with Crippen molar-refractivity contribution < 1.29 is 27.3 Å². The van der Waals surface area contributed by atoms with E-state index in [1.807, 2.05) is 0 Å². The molecule has 0 spiro atoms. The zero-order chi connectivity index (χ0) is 19.3. The van der Waals surface area contributed by atoms with Gasteiger partial charge in [-0.1, -0.05) is 24.9 Å². The maximum atomic E-state index is 12.2. The largest absolute Gasteiger partial charge is 0.455 e. The van der Waals surface area contributed by atoms with E-state index in [-0.39, 0.29) is 28.3 Å². The standard InChI is InChI=1S/C16H25N3O6S/c1-10-6-4-5-7-13(10)18-14(20)9-24-15(21)8-17-26(22,23)16-11(2)19-25-12(16)3/h10,13,17H,4-9H2,1-3H3,(H,18,20)/t10-,13+/m0/s1. The average Bonchev–Trinajstić information content (AvgIpc) is 2.92. The van der Waals surface area contributed by atoms with Crippen LogP contribution in [0.25, 0.3) is 0 Å². The highest BCUT2D eigenvalue weighted by Crippen LogP contribution is 2.23. The van der Waals surface area contributed by atoms with Gasteiger partial charge in [-0.25, -0.2) is 8.42 Å². The average molecular weight is 387 g/mol. The quantitative estimate of drug-likeness (QED) is 0.663. The number of nitrogens with one attached hydrogen (secondary N) is 2. The third-order valence-corrected chi connectivity index (χ3v) is 6.11. The van der Waals surface area contributed by atoms with Gasteiger partial charge in [0.25, 0.3) is 5.91 Å². The van der Waals surface area contributed by atoms with Gasteiger partial charge in [-0.2, -0.15) is 4.72 Å². The molecule has 146 valence electrons. The van der Waals surface area contributed by atoms with Gasteiger partial charge in [0.1, 0.15) is 17.1 Å². The summed E-state index contributed by atoms with van der Waals surface area (Å²) in [7, 11) is -3.95. The van der Waals surface area contributed by atoms with E-state index in [0.29, 0.717) is 5.92 Å². The van der Waals surface area contributed by atoms with Crippen molar-refractivity contribution in [1.29, 1.82) is 0 Å². The molecule has 1 amide bonds. The summed E-state index contributed by atoms with van der Waals surface area (Å²) in [5.41, 5.74) is 0.198. The second kappa shape index (κ2) is 8.63. The van der Waals surface area contributed by atoms with Crippen molar-refractivity contribution in [3.05, 3.63) is 11.5 Å². The van der Waals surface area contributed by atoms with Crippen molar-refractivity contribution in [1.82, 2.24) is 15.2 Å². The lowest BCUT2D eigenvalue weighted by molar-refractivity contribution is -0.147. The number of carbonyl (C=O) groups excluding carboxylic acids is 2. The van der Waals surface area contributed by atoms with Crippen LogP contribution in [0.4, 0.5) is 0 Å². The number of aromatic nitrogens is 1. The fourth-order valence-electron chi connectivity index (χ4n) is 3.06. The fourth-order valence-corrected chi connectivity index (χ4v) is 4.35. The van der Waals surface area contributed by atoms with Crippen LogP contribution < -0.4 is 10.0 Å². The van der Waals surface area contributed by atoms with Crippen molar-refractivity contribution >= 4 is 21.9 Å². The van der Waals surface area contributed by atoms with Crippen LogP contribution in [-0.4, -0.2) is 44.6 Å². The second-order valence-corrected chi connectivity index (χ2v) is 8.28. The zero-order valence-electron chi connectivity index (χ0n) is 15.2. The first-order valence-electron chi connectivity index (χ1n) is 8.58. The number of aryl methyl sites for hydroxylation is 2. The first-order chi connectivity index (χ1) is 12.2. The van der Waals surface area contributed by atoms with Crippen LogP contribution in [0.3, 0.4) is 0 Å². The lowest BCUT2D eigenvalue weighted by Gasteiger charge is -2.29. The molecule has 0 radical (unpaired) electrons. The number of carbonyl (C=O) groups is 2. The van der Waals surface area contributed by atoms with Gasteiger partial charge >= 0.3 is 5.97 Å². The Morgan fingerprint density at radius 3 is 2.58 bits per heavy atom. The van der Waals surface area contributed by atoms with Crippen molar-refractivity contribution in [2.24, 2.45) is 5.92 Å². The molecule has 1 aromatic heterocycles. The minimum Gasteiger partial charge on any atom is -0.455 e. The Labute approximate surface area is 152 Å². The number of sulfonamides is 1. The Bertz CT molecular complexity index is 739. The van der Waals surface area contributed by atoms with Crippen LogP contribution in [0, 0.1) is 19.8 Å². The van der Waals surface area contributed by atoms with Gasteiger partial charge in [-0.05, 0) is 32.6 Å². The molecule has 1 saturated carbocycles. The summed E-state index contributed by atoms with van der Waals surface area (Å²) in [6.07, 6.45) is 4.21. The lowest BCUT2D eigenvalue weighted by atomic mass is 9.86. The summed E-state index contributed by atoms with van der Waals surface area (Å²) in [6, 6.07) is 0.0907. The minimum atomic E-state index is -3.95. The van der Waals surface area contributed by atoms with Crippen molar-refractivity contribution in [3.63, 3.8) is 0 Å². The van der Waals surface area contributed by atoms with Gasteiger partial charge in [0, 0.05) is 6.04 Å². The Morgan fingerprint density at radius 2 is 1.96 bits per heavy atom. The molecule has 0 saturated heterocycles. The summed E-state index contributed by atoms with van der Waals surface area (Å²) in [5, 5.41) is 6.43. The first-order valence-corrected chi connectivity index (χ1v) is 10.1. The monoisotopic (exact) mass is 387 g/mol. The van der Waals surface area contributed by atoms with E-state index in [0.717, 1.165) is 25.7 Å². The molecule has 2 N–H and O–H groups in total. The van der Waals surface area contributed by atoms with E-state index < -0.39 is 29.1 Å². The molecule has 1 fully saturated rings. The molecule has 26 heavy (non-hydrogen) atoms. The SMILES string of the molecule is Cc1noc(C)c1S(=O)(=O)NCC(=O)OCC(=O)N[C@@H]1CCCC[C@@H]1C. The van der Waals surface area contributed by atoms with Crippen molar-refractivity contribution in [2.75, 3.05) is 13.2 Å². The molecule has 10 heteroatoms. The van der Waals surface area contributed by atoms with E-state index in [2.05, 4.69) is 22.1 Å². The summed E-state index contributed by atoms with van der Waals surface area (Å²) in [6.45, 7) is 4.01. The summed E-state index contributed by atoms with van der Waals surface area (Å²) in [5.74, 6) is -0.701. The highest BCUT2D eigenvalue weighted by molar-refractivity contribution is 7.89. The van der Waals surface area contributed by atoms with Crippen molar-refractivity contribution in [2.45, 2.75) is 57.4 Å². The number of ether oxygens (including phenoxy) is 1. The predicted molar refractivity (Wildman–Crippen MR) is 91.7 cm³/mol. The van der Waals surface area contributed by atoms with Gasteiger partial charge in [-0.15, -0.1) is 0 Å². The zero-order valence-corrected chi connectivity index (χ0v) is 16.0. The number of hydrogen-bond acceptors (Lipinski definition) is 7. The molecule has 1 aliphatic rings. The molecule has 0 bridgehead atoms. The Morgan fingerprint density at radius 1 is 1.27 bits per heavy atom. The Hall–Kier alpha value is -1.94. The van der Waals surface area contributed by atoms with Crippen LogP contribution in [0.5, 0.6) is 0 Å². The number of rotatable bonds is 7. The van der Waals surface area contributed by atoms with Gasteiger partial charge in [0.05, 0.1) is 0 Å². The third kappa shape index (κ3) is 5.28. The van der Waals surface area contributed by atoms with Crippen LogP contribution in [0.1, 0.15) is 44.1 Å². The Balaban J connectivity index is 1.77. The Kier molecular flexibility index (Phi) is 6.76. The normalized spacial score (nSPS) is 20.6. The van der Waals surface area contributed by atoms with Crippen LogP contribution in [0.15, 0.2) is 9.42 Å². The van der Waals surface area contributed by atoms with Gasteiger partial charge in [0.15, 0.2) is 12.4 Å². The van der Waals surface area contributed by atoms with Crippen LogP contribution >= 0.6 is 0 Å². The van der Waals surface area contributed by atoms with E-state index in [1.54, 1.807) is 0 Å². The molecule has 1 aliphatic carbocycles. The first kappa shape index (κ1) is 20.4. The predicted octanol–water partition coefficient (Wildman–Crippen LogP) is 0.808. The van der Waals surface area contributed by atoms with E-state index in [9.17, 15) is 18.0 Å². The van der Waals surface area contributed by atoms with E-state index in [4.69, 9.17) is 9.26 Å². The number of hydrogen-bond donors (Lipinski definition) is 2. The van der Waals surface area contributed by atoms with Gasteiger partial charge in [0.2, 0.25) is 10.0 Å².